The minimum Gasteiger partial charge on any atom is -0.467 e. The summed E-state index contributed by atoms with van der Waals surface area (Å²) in [6.07, 6.45) is -3.56. The van der Waals surface area contributed by atoms with Crippen molar-refractivity contribution in [1.29, 1.82) is 0 Å². The van der Waals surface area contributed by atoms with E-state index in [2.05, 4.69) is 5.32 Å². The van der Waals surface area contributed by atoms with Gasteiger partial charge in [-0.3, -0.25) is 0 Å². The number of ether oxygens (including phenoxy) is 4. The van der Waals surface area contributed by atoms with Crippen molar-refractivity contribution in [2.75, 3.05) is 20.2 Å². The zero-order valence-electron chi connectivity index (χ0n) is 18.0. The number of aliphatic hydroxyl groups excluding tert-OH is 2. The summed E-state index contributed by atoms with van der Waals surface area (Å²) in [4.78, 5) is 0. The van der Waals surface area contributed by atoms with Crippen LogP contribution in [-0.4, -0.2) is 102 Å². The maximum Gasteiger partial charge on any atom is 0.215 e. The van der Waals surface area contributed by atoms with E-state index in [0.717, 1.165) is 0 Å². The first-order valence-corrected chi connectivity index (χ1v) is 10.6. The van der Waals surface area contributed by atoms with Gasteiger partial charge in [-0.25, -0.2) is 0 Å². The molecule has 1 saturated heterocycles. The second-order valence-corrected chi connectivity index (χ2v) is 8.81. The maximum absolute atomic E-state index is 11.0. The van der Waals surface area contributed by atoms with Crippen molar-refractivity contribution in [2.45, 2.75) is 86.5 Å². The van der Waals surface area contributed by atoms with E-state index < -0.39 is 66.8 Å². The number of aliphatic hydroxyl groups is 3. The highest BCUT2D eigenvalue weighted by Crippen LogP contribution is 2.31. The third-order valence-electron chi connectivity index (χ3n) is 6.22. The molecule has 0 aromatic heterocycles. The average Bonchev–Trinajstić information content (AvgIpc) is 2.71. The summed E-state index contributed by atoms with van der Waals surface area (Å²) in [5, 5.41) is 34.9. The van der Waals surface area contributed by atoms with E-state index in [1.165, 1.54) is 0 Å². The molecule has 0 unspecified atom stereocenters. The van der Waals surface area contributed by atoms with Crippen LogP contribution in [0.5, 0.6) is 0 Å². The molecule has 0 radical (unpaired) electrons. The minimum absolute atomic E-state index is 0.0727. The Kier molecular flexibility index (Phi) is 7.92. The summed E-state index contributed by atoms with van der Waals surface area (Å²) in [6.45, 7) is 1.68. The number of hydrogen-bond donors (Lipinski definition) is 8. The molecule has 2 aliphatic heterocycles. The molecule has 0 amide bonds. The zero-order valence-corrected chi connectivity index (χ0v) is 18.0. The molecule has 3 aliphatic rings. The molecule has 12 heteroatoms. The van der Waals surface area contributed by atoms with Gasteiger partial charge in [0.2, 0.25) is 6.29 Å². The van der Waals surface area contributed by atoms with Gasteiger partial charge >= 0.3 is 0 Å². The highest BCUT2D eigenvalue weighted by Gasteiger charge is 2.50. The van der Waals surface area contributed by atoms with Crippen molar-refractivity contribution < 1.29 is 34.3 Å². The third kappa shape index (κ3) is 5.20. The molecule has 12 N–H and O–H groups in total. The Bertz CT molecular complexity index is 639. The van der Waals surface area contributed by atoms with Crippen molar-refractivity contribution in [1.82, 2.24) is 5.32 Å². The normalized spacial score (nSPS) is 48.7. The van der Waals surface area contributed by atoms with Crippen LogP contribution in [-0.2, 0) is 18.9 Å². The summed E-state index contributed by atoms with van der Waals surface area (Å²) in [5.74, 6) is 0.555. The standard InChI is InChI=1S/C19H37N5O7/c1-19(27)7-28-18(13(26)16(19)24-2)31-15-11(23)5-10(22)14(12(15)25)30-17-9(21)4-3-8(6-20)29-17/h3,9-18,24-27H,4-7,20-23H2,1-2H3/t9-,10-,11+,12-,13-,14-,15+,16+,17-,18-,19-/m0/s1. The van der Waals surface area contributed by atoms with Crippen molar-refractivity contribution >= 4 is 0 Å². The molecular weight excluding hydrogens is 410 g/mol. The first kappa shape index (κ1) is 24.7. The molecule has 0 aromatic rings. The highest BCUT2D eigenvalue weighted by atomic mass is 16.7. The molecule has 1 aliphatic carbocycles. The van der Waals surface area contributed by atoms with Crippen LogP contribution >= 0.6 is 0 Å². The fourth-order valence-corrected chi connectivity index (χ4v) is 4.44. The van der Waals surface area contributed by atoms with Crippen LogP contribution < -0.4 is 28.3 Å². The summed E-state index contributed by atoms with van der Waals surface area (Å²) in [7, 11) is 1.62. The van der Waals surface area contributed by atoms with Gasteiger partial charge in [-0.05, 0) is 32.9 Å². The minimum atomic E-state index is -1.29. The molecule has 180 valence electrons. The first-order chi connectivity index (χ1) is 14.6. The largest absolute Gasteiger partial charge is 0.467 e. The molecule has 0 aromatic carbocycles. The van der Waals surface area contributed by atoms with Gasteiger partial charge in [0.15, 0.2) is 6.29 Å². The number of nitrogens with two attached hydrogens (primary N) is 4. The van der Waals surface area contributed by atoms with E-state index in [1.54, 1.807) is 20.0 Å². The van der Waals surface area contributed by atoms with Gasteiger partial charge in [0.1, 0.15) is 35.8 Å². The lowest BCUT2D eigenvalue weighted by Crippen LogP contribution is -2.68. The lowest BCUT2D eigenvalue weighted by Gasteiger charge is -2.48. The van der Waals surface area contributed by atoms with Crippen molar-refractivity contribution in [3.05, 3.63) is 11.8 Å². The van der Waals surface area contributed by atoms with Gasteiger partial charge in [0.25, 0.3) is 0 Å². The number of likely N-dealkylation sites (N-methyl/N-ethyl adjacent to an activating group) is 1. The monoisotopic (exact) mass is 447 g/mol. The Morgan fingerprint density at radius 1 is 1.10 bits per heavy atom. The molecular formula is C19H37N5O7. The maximum atomic E-state index is 11.0. The van der Waals surface area contributed by atoms with Gasteiger partial charge in [0, 0.05) is 12.1 Å². The molecule has 12 nitrogen and oxygen atoms in total. The fourth-order valence-electron chi connectivity index (χ4n) is 4.44. The Hall–Kier alpha value is -0.900. The summed E-state index contributed by atoms with van der Waals surface area (Å²) in [6, 6.07) is -2.37. The summed E-state index contributed by atoms with van der Waals surface area (Å²) >= 11 is 0. The van der Waals surface area contributed by atoms with Gasteiger partial charge in [-0.1, -0.05) is 0 Å². The van der Waals surface area contributed by atoms with Crippen LogP contribution in [0.1, 0.15) is 19.8 Å². The SMILES string of the molecule is CN[C@@H]1[C@H](O)[C@H](O[C@H]2[C@@H](O)[C@@H](O[C@@H]3OC(CN)=CC[C@@H]3N)[C@@H](N)C[C@H]2N)OC[C@]1(C)O. The number of rotatable bonds is 6. The van der Waals surface area contributed by atoms with Crippen LogP contribution in [0.2, 0.25) is 0 Å². The van der Waals surface area contributed by atoms with E-state index in [4.69, 9.17) is 41.9 Å². The third-order valence-corrected chi connectivity index (χ3v) is 6.22. The second kappa shape index (κ2) is 9.93. The first-order valence-electron chi connectivity index (χ1n) is 10.6. The van der Waals surface area contributed by atoms with Crippen LogP contribution in [0.3, 0.4) is 0 Å². The Labute approximate surface area is 181 Å². The van der Waals surface area contributed by atoms with Crippen molar-refractivity contribution in [3.8, 4) is 0 Å². The Balaban J connectivity index is 1.69. The van der Waals surface area contributed by atoms with E-state index in [0.29, 0.717) is 18.6 Å². The lowest BCUT2D eigenvalue weighted by molar-refractivity contribution is -0.303. The average molecular weight is 448 g/mol. The lowest BCUT2D eigenvalue weighted by atomic mass is 9.84. The molecule has 2 fully saturated rings. The molecule has 3 rings (SSSR count). The van der Waals surface area contributed by atoms with E-state index in [1.807, 2.05) is 0 Å². The smallest absolute Gasteiger partial charge is 0.215 e. The predicted octanol–water partition coefficient (Wildman–Crippen LogP) is -3.85. The number of hydrogen-bond acceptors (Lipinski definition) is 12. The predicted molar refractivity (Wildman–Crippen MR) is 110 cm³/mol. The van der Waals surface area contributed by atoms with Crippen LogP contribution in [0.25, 0.3) is 0 Å². The van der Waals surface area contributed by atoms with Gasteiger partial charge in [-0.2, -0.15) is 0 Å². The topological polar surface area (TPSA) is 214 Å². The summed E-state index contributed by atoms with van der Waals surface area (Å²) in [5.41, 5.74) is 22.9. The summed E-state index contributed by atoms with van der Waals surface area (Å²) < 4.78 is 23.1. The van der Waals surface area contributed by atoms with Crippen molar-refractivity contribution in [3.63, 3.8) is 0 Å². The molecule has 11 atom stereocenters. The second-order valence-electron chi connectivity index (χ2n) is 8.81. The number of nitrogens with one attached hydrogen (secondary N) is 1. The quantitative estimate of drug-likeness (QED) is 0.196. The van der Waals surface area contributed by atoms with E-state index >= 15 is 0 Å². The van der Waals surface area contributed by atoms with Crippen LogP contribution in [0.15, 0.2) is 11.8 Å². The Morgan fingerprint density at radius 3 is 2.29 bits per heavy atom. The molecule has 2 heterocycles. The van der Waals surface area contributed by atoms with Gasteiger partial charge in [-0.15, -0.1) is 0 Å². The molecule has 31 heavy (non-hydrogen) atoms. The zero-order chi connectivity index (χ0) is 22.9. The van der Waals surface area contributed by atoms with Crippen LogP contribution in [0, 0.1) is 0 Å². The van der Waals surface area contributed by atoms with E-state index in [9.17, 15) is 15.3 Å². The molecule has 0 bridgehead atoms. The fraction of sp³-hybridized carbons (Fsp3) is 0.895. The molecule has 0 spiro atoms. The van der Waals surface area contributed by atoms with Gasteiger partial charge in [0.05, 0.1) is 25.2 Å². The molecule has 1 saturated carbocycles. The van der Waals surface area contributed by atoms with Crippen LogP contribution in [0.4, 0.5) is 0 Å². The van der Waals surface area contributed by atoms with E-state index in [-0.39, 0.29) is 13.2 Å². The van der Waals surface area contributed by atoms with Crippen molar-refractivity contribution in [2.24, 2.45) is 22.9 Å². The highest BCUT2D eigenvalue weighted by molar-refractivity contribution is 5.04. The Morgan fingerprint density at radius 2 is 1.71 bits per heavy atom. The van der Waals surface area contributed by atoms with Gasteiger partial charge < -0.3 is 62.5 Å².